The lowest BCUT2D eigenvalue weighted by Gasteiger charge is -2.07. The van der Waals surface area contributed by atoms with Gasteiger partial charge < -0.3 is 10.1 Å². The van der Waals surface area contributed by atoms with Crippen LogP contribution in [0.25, 0.3) is 0 Å². The van der Waals surface area contributed by atoms with E-state index in [9.17, 15) is 0 Å². The molecule has 0 aromatic carbocycles. The number of ether oxygens (including phenoxy) is 1. The topological polar surface area (TPSA) is 47.0 Å². The first-order valence-electron chi connectivity index (χ1n) is 4.40. The van der Waals surface area contributed by atoms with Gasteiger partial charge in [0.1, 0.15) is 17.2 Å². The van der Waals surface area contributed by atoms with E-state index in [1.165, 1.54) is 0 Å². The maximum absolute atomic E-state index is 4.98. The van der Waals surface area contributed by atoms with E-state index in [4.69, 9.17) is 4.74 Å². The molecule has 0 saturated heterocycles. The molecule has 0 radical (unpaired) electrons. The van der Waals surface area contributed by atoms with Gasteiger partial charge >= 0.3 is 0 Å². The van der Waals surface area contributed by atoms with Gasteiger partial charge in [-0.25, -0.2) is 9.97 Å². The molecule has 0 aliphatic heterocycles. The molecule has 78 valence electrons. The average Bonchev–Trinajstić information content (AvgIpc) is 2.21. The van der Waals surface area contributed by atoms with E-state index in [-0.39, 0.29) is 0 Å². The highest BCUT2D eigenvalue weighted by atomic mass is 32.2. The zero-order valence-electron chi connectivity index (χ0n) is 8.70. The SMILES string of the molecule is CNc1ncnc(SCCOC)c1C. The Balaban J connectivity index is 2.66. The van der Waals surface area contributed by atoms with Crippen LogP contribution in [0.5, 0.6) is 0 Å². The zero-order valence-corrected chi connectivity index (χ0v) is 9.52. The lowest BCUT2D eigenvalue weighted by atomic mass is 10.3. The molecular formula is C9H15N3OS. The molecule has 1 heterocycles. The van der Waals surface area contributed by atoms with Crippen LogP contribution in [0.15, 0.2) is 11.4 Å². The summed E-state index contributed by atoms with van der Waals surface area (Å²) in [4.78, 5) is 8.33. The van der Waals surface area contributed by atoms with E-state index in [2.05, 4.69) is 15.3 Å². The van der Waals surface area contributed by atoms with Gasteiger partial charge in [0.05, 0.1) is 6.61 Å². The first kappa shape index (κ1) is 11.3. The fourth-order valence-corrected chi connectivity index (χ4v) is 1.93. The molecule has 0 fully saturated rings. The third-order valence-corrected chi connectivity index (χ3v) is 2.86. The van der Waals surface area contributed by atoms with E-state index in [1.807, 2.05) is 14.0 Å². The van der Waals surface area contributed by atoms with Crippen molar-refractivity contribution in [3.8, 4) is 0 Å². The fourth-order valence-electron chi connectivity index (χ4n) is 1.05. The number of methoxy groups -OCH3 is 1. The molecule has 0 aliphatic rings. The van der Waals surface area contributed by atoms with Gasteiger partial charge in [-0.15, -0.1) is 11.8 Å². The number of hydrogen-bond donors (Lipinski definition) is 1. The number of nitrogens with zero attached hydrogens (tertiary/aromatic N) is 2. The standard InChI is InChI=1S/C9H15N3OS/c1-7-8(10-2)11-6-12-9(7)14-5-4-13-3/h6H,4-5H2,1-3H3,(H,10,11,12). The van der Waals surface area contributed by atoms with Gasteiger partial charge in [-0.1, -0.05) is 0 Å². The smallest absolute Gasteiger partial charge is 0.133 e. The van der Waals surface area contributed by atoms with Crippen molar-refractivity contribution in [3.05, 3.63) is 11.9 Å². The van der Waals surface area contributed by atoms with Crippen molar-refractivity contribution in [2.75, 3.05) is 31.8 Å². The molecule has 1 aromatic heterocycles. The molecule has 0 saturated carbocycles. The van der Waals surface area contributed by atoms with Crippen LogP contribution in [0, 0.1) is 6.92 Å². The maximum atomic E-state index is 4.98. The molecule has 4 nitrogen and oxygen atoms in total. The minimum absolute atomic E-state index is 0.739. The fraction of sp³-hybridized carbons (Fsp3) is 0.556. The second-order valence-electron chi connectivity index (χ2n) is 2.74. The third-order valence-electron chi connectivity index (χ3n) is 1.80. The van der Waals surface area contributed by atoms with Crippen LogP contribution in [0.4, 0.5) is 5.82 Å². The van der Waals surface area contributed by atoms with Crippen LogP contribution < -0.4 is 5.32 Å². The van der Waals surface area contributed by atoms with E-state index in [0.717, 1.165) is 28.8 Å². The summed E-state index contributed by atoms with van der Waals surface area (Å²) in [5, 5.41) is 4.05. The highest BCUT2D eigenvalue weighted by Crippen LogP contribution is 2.22. The van der Waals surface area contributed by atoms with Crippen LogP contribution in [0.3, 0.4) is 0 Å². The molecule has 1 N–H and O–H groups in total. The van der Waals surface area contributed by atoms with Gasteiger partial charge in [0.25, 0.3) is 0 Å². The van der Waals surface area contributed by atoms with Crippen LogP contribution in [0.1, 0.15) is 5.56 Å². The lowest BCUT2D eigenvalue weighted by Crippen LogP contribution is -2.00. The summed E-state index contributed by atoms with van der Waals surface area (Å²) < 4.78 is 4.98. The van der Waals surface area contributed by atoms with Gasteiger partial charge in [0.2, 0.25) is 0 Å². The first-order valence-corrected chi connectivity index (χ1v) is 5.39. The minimum atomic E-state index is 0.739. The summed E-state index contributed by atoms with van der Waals surface area (Å²) >= 11 is 1.69. The van der Waals surface area contributed by atoms with Gasteiger partial charge in [-0.2, -0.15) is 0 Å². The Labute approximate surface area is 88.5 Å². The van der Waals surface area contributed by atoms with Crippen LogP contribution >= 0.6 is 11.8 Å². The molecule has 0 aliphatic carbocycles. The van der Waals surface area contributed by atoms with E-state index in [1.54, 1.807) is 25.2 Å². The van der Waals surface area contributed by atoms with E-state index < -0.39 is 0 Å². The summed E-state index contributed by atoms with van der Waals surface area (Å²) in [5.74, 6) is 1.80. The Kier molecular flexibility index (Phi) is 4.69. The Bertz CT molecular complexity index is 293. The first-order chi connectivity index (χ1) is 6.79. The molecule has 5 heteroatoms. The number of hydrogen-bond acceptors (Lipinski definition) is 5. The Hall–Kier alpha value is -0.810. The highest BCUT2D eigenvalue weighted by molar-refractivity contribution is 7.99. The van der Waals surface area contributed by atoms with Gasteiger partial charge in [0, 0.05) is 25.5 Å². The summed E-state index contributed by atoms with van der Waals surface area (Å²) in [5.41, 5.74) is 1.09. The van der Waals surface area contributed by atoms with Crippen LogP contribution in [-0.2, 0) is 4.74 Å². The predicted molar refractivity (Wildman–Crippen MR) is 58.9 cm³/mol. The molecule has 0 unspecified atom stereocenters. The Morgan fingerprint density at radius 2 is 2.29 bits per heavy atom. The number of nitrogens with one attached hydrogen (secondary N) is 1. The number of aromatic nitrogens is 2. The molecule has 14 heavy (non-hydrogen) atoms. The number of rotatable bonds is 5. The monoisotopic (exact) mass is 213 g/mol. The van der Waals surface area contributed by atoms with Crippen molar-refractivity contribution in [2.24, 2.45) is 0 Å². The highest BCUT2D eigenvalue weighted by Gasteiger charge is 2.05. The van der Waals surface area contributed by atoms with Crippen molar-refractivity contribution in [1.29, 1.82) is 0 Å². The predicted octanol–water partition coefficient (Wildman–Crippen LogP) is 1.57. The number of anilines is 1. The van der Waals surface area contributed by atoms with Crippen LogP contribution in [-0.4, -0.2) is 36.5 Å². The molecular weight excluding hydrogens is 198 g/mol. The summed E-state index contributed by atoms with van der Waals surface area (Å²) in [6.07, 6.45) is 1.58. The summed E-state index contributed by atoms with van der Waals surface area (Å²) in [6, 6.07) is 0. The Morgan fingerprint density at radius 3 is 2.93 bits per heavy atom. The molecule has 0 atom stereocenters. The normalized spacial score (nSPS) is 10.2. The second-order valence-corrected chi connectivity index (χ2v) is 3.83. The van der Waals surface area contributed by atoms with Gasteiger partial charge in [-0.05, 0) is 6.92 Å². The number of thioether (sulfide) groups is 1. The maximum Gasteiger partial charge on any atom is 0.133 e. The molecule has 0 spiro atoms. The van der Waals surface area contributed by atoms with E-state index >= 15 is 0 Å². The van der Waals surface area contributed by atoms with Crippen molar-refractivity contribution in [1.82, 2.24) is 9.97 Å². The lowest BCUT2D eigenvalue weighted by molar-refractivity contribution is 0.218. The molecule has 0 bridgehead atoms. The molecule has 0 amide bonds. The average molecular weight is 213 g/mol. The molecule has 1 rings (SSSR count). The van der Waals surface area contributed by atoms with Gasteiger partial charge in [0.15, 0.2) is 0 Å². The minimum Gasteiger partial charge on any atom is -0.384 e. The largest absolute Gasteiger partial charge is 0.384 e. The van der Waals surface area contributed by atoms with Crippen LogP contribution in [0.2, 0.25) is 0 Å². The van der Waals surface area contributed by atoms with Crippen molar-refractivity contribution in [3.63, 3.8) is 0 Å². The van der Waals surface area contributed by atoms with Crippen molar-refractivity contribution < 1.29 is 4.74 Å². The third kappa shape index (κ3) is 2.85. The summed E-state index contributed by atoms with van der Waals surface area (Å²) in [7, 11) is 3.56. The Morgan fingerprint density at radius 1 is 1.50 bits per heavy atom. The van der Waals surface area contributed by atoms with Gasteiger partial charge in [-0.3, -0.25) is 0 Å². The molecule has 1 aromatic rings. The quantitative estimate of drug-likeness (QED) is 0.457. The van der Waals surface area contributed by atoms with E-state index in [0.29, 0.717) is 0 Å². The van der Waals surface area contributed by atoms with Crippen molar-refractivity contribution >= 4 is 17.6 Å². The zero-order chi connectivity index (χ0) is 10.4. The summed E-state index contributed by atoms with van der Waals surface area (Å²) in [6.45, 7) is 2.75. The second kappa shape index (κ2) is 5.82. The van der Waals surface area contributed by atoms with Crippen molar-refractivity contribution in [2.45, 2.75) is 11.9 Å².